The van der Waals surface area contributed by atoms with Crippen LogP contribution in [0, 0.1) is 5.92 Å². The fourth-order valence-electron chi connectivity index (χ4n) is 3.39. The van der Waals surface area contributed by atoms with Gasteiger partial charge in [0.2, 0.25) is 0 Å². The van der Waals surface area contributed by atoms with Crippen LogP contribution in [0.25, 0.3) is 0 Å². The molecule has 1 atom stereocenters. The van der Waals surface area contributed by atoms with Crippen LogP contribution in [0.5, 0.6) is 0 Å². The quantitative estimate of drug-likeness (QED) is 0.425. The summed E-state index contributed by atoms with van der Waals surface area (Å²) in [6.45, 7) is 14.4. The normalized spacial score (nSPS) is 20.0. The van der Waals surface area contributed by atoms with E-state index in [0.29, 0.717) is 12.5 Å². The van der Waals surface area contributed by atoms with Crippen LogP contribution in [0.2, 0.25) is 0 Å². The molecule has 0 bridgehead atoms. The molecule has 0 saturated carbocycles. The van der Waals surface area contributed by atoms with Gasteiger partial charge in [-0.05, 0) is 45.2 Å². The Morgan fingerprint density at radius 3 is 2.39 bits per heavy atom. The molecular weight excluding hydrogens is 288 g/mol. The summed E-state index contributed by atoms with van der Waals surface area (Å²) in [5.74, 6) is 1.54. The van der Waals surface area contributed by atoms with Crippen LogP contribution < -0.4 is 10.6 Å². The van der Waals surface area contributed by atoms with Crippen molar-refractivity contribution in [3.05, 3.63) is 0 Å². The highest BCUT2D eigenvalue weighted by Crippen LogP contribution is 2.20. The monoisotopic (exact) mass is 326 g/mol. The number of hydrogen-bond acceptors (Lipinski definition) is 3. The van der Waals surface area contributed by atoms with Gasteiger partial charge in [-0.25, -0.2) is 0 Å². The molecule has 0 spiro atoms. The zero-order valence-corrected chi connectivity index (χ0v) is 15.7. The maximum Gasteiger partial charge on any atom is 0.191 e. The van der Waals surface area contributed by atoms with E-state index < -0.39 is 5.60 Å². The third kappa shape index (κ3) is 7.53. The summed E-state index contributed by atoms with van der Waals surface area (Å²) in [5, 5.41) is 17.5. The average molecular weight is 327 g/mol. The second kappa shape index (κ2) is 10.9. The molecule has 0 amide bonds. The maximum atomic E-state index is 10.7. The molecule has 136 valence electrons. The zero-order chi connectivity index (χ0) is 17.1. The van der Waals surface area contributed by atoms with E-state index in [0.717, 1.165) is 51.3 Å². The molecule has 23 heavy (non-hydrogen) atoms. The molecule has 5 heteroatoms. The lowest BCUT2D eigenvalue weighted by Crippen LogP contribution is -2.42. The molecule has 5 nitrogen and oxygen atoms in total. The lowest BCUT2D eigenvalue weighted by molar-refractivity contribution is 0.0306. The van der Waals surface area contributed by atoms with E-state index in [9.17, 15) is 5.11 Å². The zero-order valence-electron chi connectivity index (χ0n) is 15.7. The first-order chi connectivity index (χ1) is 11.1. The minimum Gasteiger partial charge on any atom is -0.388 e. The Morgan fingerprint density at radius 2 is 1.87 bits per heavy atom. The Labute approximate surface area is 142 Å². The molecule has 1 rings (SSSR count). The number of aliphatic hydroxyl groups is 1. The molecule has 0 aromatic rings. The Hall–Kier alpha value is -0.810. The second-order valence-corrected chi connectivity index (χ2v) is 6.85. The fraction of sp³-hybridized carbons (Fsp3) is 0.944. The molecule has 1 aliphatic heterocycles. The Morgan fingerprint density at radius 1 is 1.17 bits per heavy atom. The SMILES string of the molecule is CCCC(O)(CCC)CN=C(NCC)NCC1CCN(CC)C1. The highest BCUT2D eigenvalue weighted by Gasteiger charge is 2.25. The number of hydrogen-bond donors (Lipinski definition) is 3. The largest absolute Gasteiger partial charge is 0.388 e. The topological polar surface area (TPSA) is 59.9 Å². The van der Waals surface area contributed by atoms with Crippen LogP contribution in [0.3, 0.4) is 0 Å². The van der Waals surface area contributed by atoms with Crippen molar-refractivity contribution in [2.45, 2.75) is 65.4 Å². The summed E-state index contributed by atoms with van der Waals surface area (Å²) in [4.78, 5) is 7.15. The van der Waals surface area contributed by atoms with E-state index in [1.165, 1.54) is 19.5 Å². The predicted molar refractivity (Wildman–Crippen MR) is 99.0 cm³/mol. The van der Waals surface area contributed by atoms with Gasteiger partial charge in [0.05, 0.1) is 12.1 Å². The number of rotatable bonds is 10. The molecule has 0 radical (unpaired) electrons. The van der Waals surface area contributed by atoms with E-state index in [1.54, 1.807) is 0 Å². The van der Waals surface area contributed by atoms with Crippen LogP contribution in [-0.2, 0) is 0 Å². The number of aliphatic imine (C=N–C) groups is 1. The fourth-order valence-corrected chi connectivity index (χ4v) is 3.39. The first kappa shape index (κ1) is 20.2. The van der Waals surface area contributed by atoms with Gasteiger partial charge in [-0.3, -0.25) is 4.99 Å². The van der Waals surface area contributed by atoms with Crippen molar-refractivity contribution in [3.8, 4) is 0 Å². The smallest absolute Gasteiger partial charge is 0.191 e. The molecule has 1 aliphatic rings. The molecule has 3 N–H and O–H groups in total. The lowest BCUT2D eigenvalue weighted by atomic mass is 9.93. The molecular formula is C18H38N4O. The van der Waals surface area contributed by atoms with Crippen molar-refractivity contribution < 1.29 is 5.11 Å². The Balaban J connectivity index is 2.51. The predicted octanol–water partition coefficient (Wildman–Crippen LogP) is 2.21. The van der Waals surface area contributed by atoms with Gasteiger partial charge in [-0.15, -0.1) is 0 Å². The van der Waals surface area contributed by atoms with Crippen molar-refractivity contribution >= 4 is 5.96 Å². The molecule has 1 fully saturated rings. The van der Waals surface area contributed by atoms with Gasteiger partial charge in [0, 0.05) is 19.6 Å². The number of nitrogens with zero attached hydrogens (tertiary/aromatic N) is 2. The summed E-state index contributed by atoms with van der Waals surface area (Å²) >= 11 is 0. The second-order valence-electron chi connectivity index (χ2n) is 6.85. The van der Waals surface area contributed by atoms with Crippen molar-refractivity contribution in [2.24, 2.45) is 10.9 Å². The Bertz CT molecular complexity index is 340. The van der Waals surface area contributed by atoms with Crippen molar-refractivity contribution in [2.75, 3.05) is 39.3 Å². The summed E-state index contributed by atoms with van der Waals surface area (Å²) in [5.41, 5.74) is -0.655. The van der Waals surface area contributed by atoms with E-state index in [2.05, 4.69) is 48.2 Å². The minimum absolute atomic E-state index is 0.482. The third-order valence-electron chi connectivity index (χ3n) is 4.68. The Kier molecular flexibility index (Phi) is 9.56. The highest BCUT2D eigenvalue weighted by molar-refractivity contribution is 5.79. The van der Waals surface area contributed by atoms with E-state index in [-0.39, 0.29) is 0 Å². The van der Waals surface area contributed by atoms with Gasteiger partial charge < -0.3 is 20.6 Å². The molecule has 1 heterocycles. The highest BCUT2D eigenvalue weighted by atomic mass is 16.3. The van der Waals surface area contributed by atoms with Crippen LogP contribution in [0.15, 0.2) is 4.99 Å². The van der Waals surface area contributed by atoms with Crippen molar-refractivity contribution in [3.63, 3.8) is 0 Å². The van der Waals surface area contributed by atoms with Gasteiger partial charge >= 0.3 is 0 Å². The maximum absolute atomic E-state index is 10.7. The van der Waals surface area contributed by atoms with Crippen LogP contribution in [-0.4, -0.2) is 60.8 Å². The summed E-state index contributed by atoms with van der Waals surface area (Å²) in [6.07, 6.45) is 4.88. The van der Waals surface area contributed by atoms with Gasteiger partial charge in [0.15, 0.2) is 5.96 Å². The van der Waals surface area contributed by atoms with Crippen LogP contribution >= 0.6 is 0 Å². The number of nitrogens with one attached hydrogen (secondary N) is 2. The molecule has 1 unspecified atom stereocenters. The van der Waals surface area contributed by atoms with Crippen molar-refractivity contribution in [1.82, 2.24) is 15.5 Å². The van der Waals surface area contributed by atoms with Gasteiger partial charge in [-0.1, -0.05) is 33.6 Å². The first-order valence-electron chi connectivity index (χ1n) is 9.53. The summed E-state index contributed by atoms with van der Waals surface area (Å²) < 4.78 is 0. The van der Waals surface area contributed by atoms with Gasteiger partial charge in [0.25, 0.3) is 0 Å². The van der Waals surface area contributed by atoms with E-state index >= 15 is 0 Å². The summed E-state index contributed by atoms with van der Waals surface area (Å²) in [7, 11) is 0. The molecule has 0 aromatic carbocycles. The third-order valence-corrected chi connectivity index (χ3v) is 4.68. The average Bonchev–Trinajstić information content (AvgIpc) is 2.99. The minimum atomic E-state index is -0.655. The van der Waals surface area contributed by atoms with Crippen LogP contribution in [0.1, 0.15) is 59.8 Å². The molecule has 0 aromatic heterocycles. The number of guanidine groups is 1. The van der Waals surface area contributed by atoms with Crippen LogP contribution in [0.4, 0.5) is 0 Å². The van der Waals surface area contributed by atoms with E-state index in [4.69, 9.17) is 0 Å². The van der Waals surface area contributed by atoms with Gasteiger partial charge in [0.1, 0.15) is 0 Å². The number of likely N-dealkylation sites (tertiary alicyclic amines) is 1. The first-order valence-corrected chi connectivity index (χ1v) is 9.53. The molecule has 0 aliphatic carbocycles. The lowest BCUT2D eigenvalue weighted by Gasteiger charge is -2.26. The van der Waals surface area contributed by atoms with Crippen molar-refractivity contribution in [1.29, 1.82) is 0 Å². The van der Waals surface area contributed by atoms with Gasteiger partial charge in [-0.2, -0.15) is 0 Å². The summed E-state index contributed by atoms with van der Waals surface area (Å²) in [6, 6.07) is 0. The van der Waals surface area contributed by atoms with E-state index in [1.807, 2.05) is 0 Å². The molecule has 1 saturated heterocycles. The standard InChI is InChI=1S/C18H38N4O/c1-5-10-18(23,11-6-2)15-21-17(19-7-3)20-13-16-9-12-22(8-4)14-16/h16,23H,5-15H2,1-4H3,(H2,19,20,21).